The van der Waals surface area contributed by atoms with Crippen molar-refractivity contribution in [1.82, 2.24) is 0 Å². The van der Waals surface area contributed by atoms with E-state index in [0.717, 1.165) is 25.3 Å². The Hall–Kier alpha value is -1.62. The van der Waals surface area contributed by atoms with Crippen molar-refractivity contribution in [3.8, 4) is 0 Å². The van der Waals surface area contributed by atoms with Gasteiger partial charge in [0.05, 0.1) is 31.6 Å². The Labute approximate surface area is 101 Å². The fourth-order valence-corrected chi connectivity index (χ4v) is 2.18. The third-order valence-corrected chi connectivity index (χ3v) is 3.27. The van der Waals surface area contributed by atoms with Crippen LogP contribution >= 0.6 is 0 Å². The molecule has 1 aromatic rings. The van der Waals surface area contributed by atoms with E-state index in [1.54, 1.807) is 17.0 Å². The van der Waals surface area contributed by atoms with Gasteiger partial charge in [0.1, 0.15) is 0 Å². The summed E-state index contributed by atoms with van der Waals surface area (Å²) in [5.74, 6) is 0. The standard InChI is InChI=1S/C12H17N3O2/c1-13-7-2-8-14(10-9-13)11-3-5-12(6-4-11)15(16)17/h3-6H,2,7-10H2,1H3/p+1. The molecule has 0 aliphatic carbocycles. The van der Waals surface area contributed by atoms with Crippen LogP contribution in [0.5, 0.6) is 0 Å². The van der Waals surface area contributed by atoms with Crippen molar-refractivity contribution >= 4 is 11.4 Å². The van der Waals surface area contributed by atoms with Crippen LogP contribution < -0.4 is 9.80 Å². The number of likely N-dealkylation sites (N-methyl/N-ethyl adjacent to an activating group) is 1. The molecular weight excluding hydrogens is 218 g/mol. The summed E-state index contributed by atoms with van der Waals surface area (Å²) in [6.45, 7) is 4.37. The molecule has 1 N–H and O–H groups in total. The number of non-ortho nitro benzene ring substituents is 1. The van der Waals surface area contributed by atoms with Gasteiger partial charge in [0.25, 0.3) is 5.69 Å². The molecule has 5 heteroatoms. The Kier molecular flexibility index (Phi) is 3.58. The number of benzene rings is 1. The van der Waals surface area contributed by atoms with Crippen molar-refractivity contribution in [3.05, 3.63) is 34.4 Å². The lowest BCUT2D eigenvalue weighted by Crippen LogP contribution is -3.09. The molecule has 1 unspecified atom stereocenters. The normalized spacial score (nSPS) is 21.0. The van der Waals surface area contributed by atoms with Crippen molar-refractivity contribution < 1.29 is 9.82 Å². The summed E-state index contributed by atoms with van der Waals surface area (Å²) >= 11 is 0. The van der Waals surface area contributed by atoms with Crippen LogP contribution in [-0.2, 0) is 0 Å². The number of nitro groups is 1. The minimum absolute atomic E-state index is 0.159. The predicted octanol–water partition coefficient (Wildman–Crippen LogP) is 0.320. The highest BCUT2D eigenvalue weighted by molar-refractivity contribution is 5.50. The first kappa shape index (κ1) is 11.9. The van der Waals surface area contributed by atoms with Gasteiger partial charge in [0.15, 0.2) is 0 Å². The molecule has 1 fully saturated rings. The van der Waals surface area contributed by atoms with Crippen LogP contribution in [0.25, 0.3) is 0 Å². The first-order valence-corrected chi connectivity index (χ1v) is 5.97. The van der Waals surface area contributed by atoms with Gasteiger partial charge in [-0.1, -0.05) is 0 Å². The van der Waals surface area contributed by atoms with Gasteiger partial charge in [-0.25, -0.2) is 0 Å². The highest BCUT2D eigenvalue weighted by Crippen LogP contribution is 2.19. The molecule has 0 amide bonds. The molecule has 1 aromatic carbocycles. The zero-order valence-corrected chi connectivity index (χ0v) is 10.1. The maximum Gasteiger partial charge on any atom is 0.269 e. The van der Waals surface area contributed by atoms with E-state index >= 15 is 0 Å². The van der Waals surface area contributed by atoms with Crippen LogP contribution in [-0.4, -0.2) is 38.2 Å². The second kappa shape index (κ2) is 5.14. The zero-order valence-electron chi connectivity index (χ0n) is 10.1. The number of hydrogen-bond donors (Lipinski definition) is 1. The van der Waals surface area contributed by atoms with Crippen molar-refractivity contribution in [1.29, 1.82) is 0 Å². The van der Waals surface area contributed by atoms with Crippen LogP contribution in [0, 0.1) is 10.1 Å². The quantitative estimate of drug-likeness (QED) is 0.594. The average molecular weight is 236 g/mol. The topological polar surface area (TPSA) is 50.8 Å². The number of nitrogens with one attached hydrogen (secondary N) is 1. The number of anilines is 1. The van der Waals surface area contributed by atoms with E-state index in [2.05, 4.69) is 11.9 Å². The molecule has 1 heterocycles. The van der Waals surface area contributed by atoms with Crippen molar-refractivity contribution in [2.24, 2.45) is 0 Å². The average Bonchev–Trinajstić information content (AvgIpc) is 2.54. The third-order valence-electron chi connectivity index (χ3n) is 3.27. The van der Waals surface area contributed by atoms with E-state index in [0.29, 0.717) is 0 Å². The molecule has 5 nitrogen and oxygen atoms in total. The number of hydrogen-bond acceptors (Lipinski definition) is 3. The molecule has 1 saturated heterocycles. The Balaban J connectivity index is 2.08. The van der Waals surface area contributed by atoms with Crippen LogP contribution in [0.2, 0.25) is 0 Å². The molecule has 0 bridgehead atoms. The third kappa shape index (κ3) is 2.94. The zero-order chi connectivity index (χ0) is 12.3. The van der Waals surface area contributed by atoms with Gasteiger partial charge in [-0.3, -0.25) is 10.1 Å². The van der Waals surface area contributed by atoms with E-state index in [4.69, 9.17) is 0 Å². The minimum Gasteiger partial charge on any atom is -0.366 e. The van der Waals surface area contributed by atoms with Gasteiger partial charge < -0.3 is 9.80 Å². The monoisotopic (exact) mass is 236 g/mol. The highest BCUT2D eigenvalue weighted by Gasteiger charge is 2.15. The van der Waals surface area contributed by atoms with Crippen LogP contribution in [0.4, 0.5) is 11.4 Å². The number of nitro benzene ring substituents is 1. The molecule has 92 valence electrons. The Morgan fingerprint density at radius 3 is 2.59 bits per heavy atom. The number of rotatable bonds is 2. The van der Waals surface area contributed by atoms with Crippen LogP contribution in [0.3, 0.4) is 0 Å². The van der Waals surface area contributed by atoms with E-state index in [-0.39, 0.29) is 10.6 Å². The molecular formula is C12H18N3O2+. The fraction of sp³-hybridized carbons (Fsp3) is 0.500. The summed E-state index contributed by atoms with van der Waals surface area (Å²) in [4.78, 5) is 14.1. The first-order valence-electron chi connectivity index (χ1n) is 5.97. The van der Waals surface area contributed by atoms with Gasteiger partial charge in [-0.2, -0.15) is 0 Å². The van der Waals surface area contributed by atoms with Crippen molar-refractivity contribution in [3.63, 3.8) is 0 Å². The summed E-state index contributed by atoms with van der Waals surface area (Å²) in [5.41, 5.74) is 1.25. The van der Waals surface area contributed by atoms with E-state index < -0.39 is 0 Å². The van der Waals surface area contributed by atoms with Gasteiger partial charge >= 0.3 is 0 Å². The van der Waals surface area contributed by atoms with Gasteiger partial charge in [0, 0.05) is 30.8 Å². The lowest BCUT2D eigenvalue weighted by atomic mass is 10.2. The fourth-order valence-electron chi connectivity index (χ4n) is 2.18. The van der Waals surface area contributed by atoms with E-state index in [9.17, 15) is 10.1 Å². The van der Waals surface area contributed by atoms with Crippen molar-refractivity contribution in [2.75, 3.05) is 38.1 Å². The Morgan fingerprint density at radius 2 is 1.94 bits per heavy atom. The Morgan fingerprint density at radius 1 is 1.24 bits per heavy atom. The minimum atomic E-state index is -0.357. The molecule has 0 spiro atoms. The maximum absolute atomic E-state index is 10.6. The van der Waals surface area contributed by atoms with Gasteiger partial charge in [-0.05, 0) is 12.1 Å². The van der Waals surface area contributed by atoms with Crippen LogP contribution in [0.15, 0.2) is 24.3 Å². The molecule has 1 aliphatic heterocycles. The second-order valence-corrected chi connectivity index (χ2v) is 4.57. The second-order valence-electron chi connectivity index (χ2n) is 4.57. The smallest absolute Gasteiger partial charge is 0.269 e. The van der Waals surface area contributed by atoms with E-state index in [1.807, 2.05) is 12.1 Å². The SMILES string of the molecule is C[NH+]1CCCN(c2ccc([N+](=O)[O-])cc2)CC1. The largest absolute Gasteiger partial charge is 0.366 e. The summed E-state index contributed by atoms with van der Waals surface area (Å²) in [6.07, 6.45) is 1.17. The number of nitrogens with zero attached hydrogens (tertiary/aromatic N) is 2. The molecule has 0 saturated carbocycles. The maximum atomic E-state index is 10.6. The van der Waals surface area contributed by atoms with Gasteiger partial charge in [-0.15, -0.1) is 0 Å². The summed E-state index contributed by atoms with van der Waals surface area (Å²) in [5, 5.41) is 10.6. The molecule has 2 rings (SSSR count). The molecule has 1 aliphatic rings. The predicted molar refractivity (Wildman–Crippen MR) is 66.5 cm³/mol. The molecule has 0 radical (unpaired) electrons. The first-order chi connectivity index (χ1) is 8.16. The van der Waals surface area contributed by atoms with Crippen LogP contribution in [0.1, 0.15) is 6.42 Å². The Bertz CT molecular complexity index is 391. The van der Waals surface area contributed by atoms with Crippen molar-refractivity contribution in [2.45, 2.75) is 6.42 Å². The number of quaternary nitrogens is 1. The van der Waals surface area contributed by atoms with Gasteiger partial charge in [0.2, 0.25) is 0 Å². The molecule has 17 heavy (non-hydrogen) atoms. The highest BCUT2D eigenvalue weighted by atomic mass is 16.6. The molecule has 1 atom stereocenters. The van der Waals surface area contributed by atoms with E-state index in [1.165, 1.54) is 13.0 Å². The summed E-state index contributed by atoms with van der Waals surface area (Å²) in [6, 6.07) is 6.85. The lowest BCUT2D eigenvalue weighted by molar-refractivity contribution is -0.876. The summed E-state index contributed by atoms with van der Waals surface area (Å²) in [7, 11) is 2.21. The molecule has 0 aromatic heterocycles. The lowest BCUT2D eigenvalue weighted by Gasteiger charge is -2.21. The summed E-state index contributed by atoms with van der Waals surface area (Å²) < 4.78 is 0.